The van der Waals surface area contributed by atoms with Crippen LogP contribution in [0.1, 0.15) is 13.8 Å². The largest absolute Gasteiger partial charge is 0.490 e. The molecule has 18 heavy (non-hydrogen) atoms. The normalized spacial score (nSPS) is 13.5. The molecule has 1 aromatic carbocycles. The molecule has 0 fully saturated rings. The lowest BCUT2D eigenvalue weighted by molar-refractivity contribution is -0.159. The fourth-order valence-corrected chi connectivity index (χ4v) is 1.15. The van der Waals surface area contributed by atoms with Gasteiger partial charge in [0, 0.05) is 18.7 Å². The van der Waals surface area contributed by atoms with Crippen molar-refractivity contribution in [1.82, 2.24) is 0 Å². The zero-order valence-electron chi connectivity index (χ0n) is 10.1. The lowest BCUT2D eigenvalue weighted by Gasteiger charge is -2.18. The van der Waals surface area contributed by atoms with Gasteiger partial charge in [0.05, 0.1) is 0 Å². The molecule has 1 aromatic rings. The number of carboxylic acid groups (broad SMARTS) is 1. The summed E-state index contributed by atoms with van der Waals surface area (Å²) in [5, 5.41) is 20.7. The number of ether oxygens (including phenoxy) is 1. The monoisotopic (exact) mass is 253 g/mol. The molecule has 1 rings (SSSR count). The minimum absolute atomic E-state index is 0.218. The first-order valence-corrected chi connectivity index (χ1v) is 5.27. The van der Waals surface area contributed by atoms with Crippen LogP contribution in [0.5, 0.6) is 5.75 Å². The summed E-state index contributed by atoms with van der Waals surface area (Å²) in [5.74, 6) is -1.21. The standard InChI is InChI=1S/C12H15NO5/c1-8(14)13-9-4-3-5-10(6-9)18-7-12(2,17)11(15)16/h3-6,17H,7H2,1-2H3,(H,13,14)(H,15,16). The van der Waals surface area contributed by atoms with Crippen LogP contribution in [0, 0.1) is 0 Å². The fraction of sp³-hybridized carbons (Fsp3) is 0.333. The van der Waals surface area contributed by atoms with Gasteiger partial charge in [-0.2, -0.15) is 0 Å². The third-order valence-corrected chi connectivity index (χ3v) is 2.14. The van der Waals surface area contributed by atoms with Crippen molar-refractivity contribution in [2.75, 3.05) is 11.9 Å². The van der Waals surface area contributed by atoms with Crippen LogP contribution in [0.15, 0.2) is 24.3 Å². The van der Waals surface area contributed by atoms with Crippen LogP contribution in [0.25, 0.3) is 0 Å². The van der Waals surface area contributed by atoms with Crippen LogP contribution in [0.2, 0.25) is 0 Å². The number of aliphatic carboxylic acids is 1. The van der Waals surface area contributed by atoms with Crippen molar-refractivity contribution < 1.29 is 24.5 Å². The molecule has 1 amide bonds. The maximum atomic E-state index is 10.9. The zero-order valence-corrected chi connectivity index (χ0v) is 10.1. The molecule has 0 aliphatic heterocycles. The van der Waals surface area contributed by atoms with E-state index >= 15 is 0 Å². The van der Waals surface area contributed by atoms with Gasteiger partial charge < -0.3 is 20.3 Å². The first-order chi connectivity index (χ1) is 8.31. The maximum Gasteiger partial charge on any atom is 0.339 e. The number of amides is 1. The molecule has 0 heterocycles. The number of hydrogen-bond donors (Lipinski definition) is 3. The summed E-state index contributed by atoms with van der Waals surface area (Å²) in [5.41, 5.74) is -1.42. The van der Waals surface area contributed by atoms with Crippen LogP contribution in [0.3, 0.4) is 0 Å². The Morgan fingerprint density at radius 2 is 2.11 bits per heavy atom. The number of nitrogens with one attached hydrogen (secondary N) is 1. The highest BCUT2D eigenvalue weighted by atomic mass is 16.5. The second kappa shape index (κ2) is 5.50. The molecule has 0 aliphatic rings. The van der Waals surface area contributed by atoms with Gasteiger partial charge in [0.1, 0.15) is 12.4 Å². The van der Waals surface area contributed by atoms with Crippen molar-refractivity contribution in [2.24, 2.45) is 0 Å². The molecule has 6 nitrogen and oxygen atoms in total. The van der Waals surface area contributed by atoms with E-state index in [4.69, 9.17) is 9.84 Å². The second-order valence-electron chi connectivity index (χ2n) is 4.08. The molecule has 1 atom stereocenters. The van der Waals surface area contributed by atoms with Crippen molar-refractivity contribution in [1.29, 1.82) is 0 Å². The van der Waals surface area contributed by atoms with Gasteiger partial charge >= 0.3 is 5.97 Å². The van der Waals surface area contributed by atoms with E-state index in [1.54, 1.807) is 24.3 Å². The number of hydrogen-bond acceptors (Lipinski definition) is 4. The van der Waals surface area contributed by atoms with Crippen molar-refractivity contribution in [2.45, 2.75) is 19.4 Å². The van der Waals surface area contributed by atoms with Crippen molar-refractivity contribution in [3.05, 3.63) is 24.3 Å². The predicted molar refractivity (Wildman–Crippen MR) is 64.5 cm³/mol. The molecule has 0 saturated heterocycles. The number of benzene rings is 1. The van der Waals surface area contributed by atoms with E-state index in [1.807, 2.05) is 0 Å². The van der Waals surface area contributed by atoms with Crippen LogP contribution >= 0.6 is 0 Å². The third-order valence-electron chi connectivity index (χ3n) is 2.14. The van der Waals surface area contributed by atoms with E-state index in [0.717, 1.165) is 6.92 Å². The number of carbonyl (C=O) groups excluding carboxylic acids is 1. The molecule has 0 radical (unpaired) electrons. The average molecular weight is 253 g/mol. The molecule has 98 valence electrons. The Balaban J connectivity index is 2.68. The molecule has 0 aromatic heterocycles. The van der Waals surface area contributed by atoms with E-state index in [-0.39, 0.29) is 12.5 Å². The van der Waals surface area contributed by atoms with E-state index in [0.29, 0.717) is 11.4 Å². The fourth-order valence-electron chi connectivity index (χ4n) is 1.15. The molecule has 1 unspecified atom stereocenters. The van der Waals surface area contributed by atoms with E-state index in [9.17, 15) is 14.7 Å². The van der Waals surface area contributed by atoms with Gasteiger partial charge in [-0.05, 0) is 19.1 Å². The molecule has 0 bridgehead atoms. The summed E-state index contributed by atoms with van der Waals surface area (Å²) in [4.78, 5) is 21.5. The zero-order chi connectivity index (χ0) is 13.8. The van der Waals surface area contributed by atoms with Gasteiger partial charge in [0.2, 0.25) is 5.91 Å². The molecular formula is C12H15NO5. The Labute approximate surface area is 104 Å². The summed E-state index contributed by atoms with van der Waals surface area (Å²) in [6.45, 7) is 2.14. The number of anilines is 1. The lowest BCUT2D eigenvalue weighted by atomic mass is 10.1. The number of carbonyl (C=O) groups is 2. The van der Waals surface area contributed by atoms with Gasteiger partial charge in [0.15, 0.2) is 5.60 Å². The molecule has 0 saturated carbocycles. The van der Waals surface area contributed by atoms with E-state index in [1.165, 1.54) is 6.92 Å². The number of rotatable bonds is 5. The summed E-state index contributed by atoms with van der Waals surface area (Å²) in [6, 6.07) is 6.46. The first kappa shape index (κ1) is 14.0. The Kier molecular flexibility index (Phi) is 4.28. The van der Waals surface area contributed by atoms with Crippen LogP contribution < -0.4 is 10.1 Å². The Morgan fingerprint density at radius 1 is 1.44 bits per heavy atom. The average Bonchev–Trinajstić information content (AvgIpc) is 2.26. The molecule has 0 spiro atoms. The summed E-state index contributed by atoms with van der Waals surface area (Å²) >= 11 is 0. The highest BCUT2D eigenvalue weighted by Gasteiger charge is 2.30. The minimum Gasteiger partial charge on any atom is -0.490 e. The maximum absolute atomic E-state index is 10.9. The van der Waals surface area contributed by atoms with Crippen molar-refractivity contribution >= 4 is 17.6 Å². The quantitative estimate of drug-likeness (QED) is 0.723. The van der Waals surface area contributed by atoms with Gasteiger partial charge in [-0.1, -0.05) is 6.07 Å². The first-order valence-electron chi connectivity index (χ1n) is 5.27. The summed E-state index contributed by atoms with van der Waals surface area (Å²) < 4.78 is 5.17. The lowest BCUT2D eigenvalue weighted by Crippen LogP contribution is -2.41. The van der Waals surface area contributed by atoms with Gasteiger partial charge in [-0.25, -0.2) is 4.79 Å². The Morgan fingerprint density at radius 3 is 2.67 bits per heavy atom. The van der Waals surface area contributed by atoms with Crippen molar-refractivity contribution in [3.63, 3.8) is 0 Å². The molecule has 0 aliphatic carbocycles. The number of carboxylic acids is 1. The molecule has 6 heteroatoms. The van der Waals surface area contributed by atoms with Crippen LogP contribution in [-0.4, -0.2) is 34.3 Å². The van der Waals surface area contributed by atoms with E-state index in [2.05, 4.69) is 5.32 Å². The minimum atomic E-state index is -1.95. The second-order valence-corrected chi connectivity index (χ2v) is 4.08. The molecular weight excluding hydrogens is 238 g/mol. The Bertz CT molecular complexity index is 456. The summed E-state index contributed by atoms with van der Waals surface area (Å²) in [7, 11) is 0. The van der Waals surface area contributed by atoms with Crippen LogP contribution in [0.4, 0.5) is 5.69 Å². The molecule has 3 N–H and O–H groups in total. The third kappa shape index (κ3) is 4.06. The van der Waals surface area contributed by atoms with Gasteiger partial charge in [0.25, 0.3) is 0 Å². The SMILES string of the molecule is CC(=O)Nc1cccc(OCC(C)(O)C(=O)O)c1. The smallest absolute Gasteiger partial charge is 0.339 e. The predicted octanol–water partition coefficient (Wildman–Crippen LogP) is 0.859. The Hall–Kier alpha value is -2.08. The number of aliphatic hydroxyl groups is 1. The van der Waals surface area contributed by atoms with E-state index < -0.39 is 11.6 Å². The highest BCUT2D eigenvalue weighted by Crippen LogP contribution is 2.18. The van der Waals surface area contributed by atoms with Gasteiger partial charge in [-0.3, -0.25) is 4.79 Å². The summed E-state index contributed by atoms with van der Waals surface area (Å²) in [6.07, 6.45) is 0. The van der Waals surface area contributed by atoms with Gasteiger partial charge in [-0.15, -0.1) is 0 Å². The topological polar surface area (TPSA) is 95.9 Å². The van der Waals surface area contributed by atoms with Crippen molar-refractivity contribution in [3.8, 4) is 5.75 Å². The van der Waals surface area contributed by atoms with Crippen LogP contribution in [-0.2, 0) is 9.59 Å². The highest BCUT2D eigenvalue weighted by molar-refractivity contribution is 5.88.